The predicted octanol–water partition coefficient (Wildman–Crippen LogP) is 2.84. The van der Waals surface area contributed by atoms with E-state index in [0.29, 0.717) is 47.9 Å². The van der Waals surface area contributed by atoms with Crippen molar-refractivity contribution < 1.29 is 43.4 Å². The number of methoxy groups -OCH3 is 2. The number of carbonyl (C=O) groups excluding carboxylic acids is 4. The van der Waals surface area contributed by atoms with Gasteiger partial charge in [-0.3, -0.25) is 9.59 Å². The maximum atomic E-state index is 13.5. The summed E-state index contributed by atoms with van der Waals surface area (Å²) >= 11 is 1.46. The number of rotatable bonds is 4. The van der Waals surface area contributed by atoms with Gasteiger partial charge in [0.1, 0.15) is 11.8 Å². The molecule has 1 aliphatic carbocycles. The number of quaternary nitrogens is 1. The lowest BCUT2D eigenvalue weighted by Crippen LogP contribution is -3.16. The molecule has 6 aliphatic heterocycles. The third kappa shape index (κ3) is 5.64. The molecule has 7 atom stereocenters. The molecular weight excluding hydrogens is 695 g/mol. The molecule has 0 aromatic heterocycles. The van der Waals surface area contributed by atoms with E-state index >= 15 is 0 Å². The van der Waals surface area contributed by atoms with E-state index in [-0.39, 0.29) is 35.2 Å². The van der Waals surface area contributed by atoms with Gasteiger partial charge >= 0.3 is 0 Å². The maximum Gasteiger partial charge on any atom is 0.259 e. The fourth-order valence-corrected chi connectivity index (χ4v) is 11.3. The Morgan fingerprint density at radius 2 is 1.70 bits per heavy atom. The SMILES string of the molecule is CC(C)=O.COc1cc2c(cc1OC)[C@@]13CC[NH+]4CC5=CCO[C@H]6CC(=O)N2[C@H]1[C@H]6[C@H]5C[C@H]43.O=C([O-])CN1C(=O)c2ccccc2Sc2ccccc21. The number of anilines is 2. The van der Waals surface area contributed by atoms with Gasteiger partial charge in [0.25, 0.3) is 5.91 Å². The van der Waals surface area contributed by atoms with Gasteiger partial charge in [-0.25, -0.2) is 0 Å². The summed E-state index contributed by atoms with van der Waals surface area (Å²) < 4.78 is 17.6. The number of para-hydroxylation sites is 1. The topological polar surface area (TPSA) is 130 Å². The Balaban J connectivity index is 0.000000146. The molecule has 10 rings (SSSR count). The van der Waals surface area contributed by atoms with E-state index in [9.17, 15) is 24.3 Å². The van der Waals surface area contributed by atoms with Gasteiger partial charge in [-0.15, -0.1) is 0 Å². The monoisotopic (exact) mass is 737 g/mol. The van der Waals surface area contributed by atoms with Crippen LogP contribution in [-0.2, 0) is 24.5 Å². The zero-order chi connectivity index (χ0) is 37.2. The quantitative estimate of drug-likeness (QED) is 0.402. The van der Waals surface area contributed by atoms with E-state index in [4.69, 9.17) is 14.2 Å². The predicted molar refractivity (Wildman–Crippen MR) is 196 cm³/mol. The molecule has 2 amide bonds. The first kappa shape index (κ1) is 35.4. The number of nitrogens with zero attached hydrogens (tertiary/aromatic N) is 2. The van der Waals surface area contributed by atoms with E-state index in [2.05, 4.69) is 23.1 Å². The number of benzene rings is 3. The number of Topliss-reactive ketones (excluding diaryl/α,β-unsaturated/α-hetero) is 1. The number of nitrogens with one attached hydrogen (secondary N) is 1. The molecule has 11 nitrogen and oxygen atoms in total. The van der Waals surface area contributed by atoms with Crippen LogP contribution in [0.15, 0.2) is 82.1 Å². The summed E-state index contributed by atoms with van der Waals surface area (Å²) in [6.45, 7) is 5.59. The second kappa shape index (κ2) is 13.6. The van der Waals surface area contributed by atoms with Crippen LogP contribution >= 0.6 is 11.8 Å². The minimum atomic E-state index is -1.28. The highest BCUT2D eigenvalue weighted by Crippen LogP contribution is 2.63. The van der Waals surface area contributed by atoms with Crippen LogP contribution in [0.5, 0.6) is 11.5 Å². The summed E-state index contributed by atoms with van der Waals surface area (Å²) in [6.07, 6.45) is 5.22. The van der Waals surface area contributed by atoms with Crippen LogP contribution in [-0.4, -0.2) is 82.2 Å². The minimum absolute atomic E-state index is 0.0128. The van der Waals surface area contributed by atoms with E-state index in [1.807, 2.05) is 24.3 Å². The number of carbonyl (C=O) groups is 4. The number of ether oxygens (including phenoxy) is 3. The van der Waals surface area contributed by atoms with Crippen LogP contribution in [0.1, 0.15) is 49.0 Å². The molecule has 1 saturated carbocycles. The van der Waals surface area contributed by atoms with Crippen molar-refractivity contribution >= 4 is 46.7 Å². The fourth-order valence-electron chi connectivity index (χ4n) is 10.3. The second-order valence-corrected chi connectivity index (χ2v) is 16.0. The molecule has 3 aromatic carbocycles. The molecule has 1 spiro atoms. The van der Waals surface area contributed by atoms with Crippen molar-refractivity contribution in [3.8, 4) is 11.5 Å². The molecular formula is C41H43N3O8S. The van der Waals surface area contributed by atoms with E-state index < -0.39 is 12.5 Å². The lowest BCUT2D eigenvalue weighted by molar-refractivity contribution is -0.916. The summed E-state index contributed by atoms with van der Waals surface area (Å²) in [4.78, 5) is 53.2. The number of aliphatic carboxylic acids is 1. The molecule has 53 heavy (non-hydrogen) atoms. The fraction of sp³-hybridized carbons (Fsp3) is 0.415. The van der Waals surface area contributed by atoms with Crippen LogP contribution < -0.4 is 29.3 Å². The first-order valence-electron chi connectivity index (χ1n) is 18.2. The van der Waals surface area contributed by atoms with Gasteiger partial charge < -0.3 is 43.6 Å². The molecule has 3 aromatic rings. The zero-order valence-corrected chi connectivity index (χ0v) is 31.1. The van der Waals surface area contributed by atoms with Crippen molar-refractivity contribution in [1.82, 2.24) is 0 Å². The first-order valence-corrected chi connectivity index (χ1v) is 19.0. The van der Waals surface area contributed by atoms with Crippen LogP contribution in [0.3, 0.4) is 0 Å². The van der Waals surface area contributed by atoms with Crippen LogP contribution in [0.2, 0.25) is 0 Å². The lowest BCUT2D eigenvalue weighted by Gasteiger charge is -2.56. The Morgan fingerprint density at radius 3 is 2.43 bits per heavy atom. The number of hydrogen-bond donors (Lipinski definition) is 1. The van der Waals surface area contributed by atoms with Gasteiger partial charge in [0, 0.05) is 34.6 Å². The van der Waals surface area contributed by atoms with Gasteiger partial charge in [0.05, 0.1) is 87.3 Å². The normalized spacial score (nSPS) is 29.0. The molecule has 1 N–H and O–H groups in total. The van der Waals surface area contributed by atoms with Gasteiger partial charge in [0.15, 0.2) is 11.5 Å². The molecule has 0 radical (unpaired) electrons. The minimum Gasteiger partial charge on any atom is -0.548 e. The van der Waals surface area contributed by atoms with Gasteiger partial charge in [0.2, 0.25) is 5.91 Å². The van der Waals surface area contributed by atoms with Crippen LogP contribution in [0.25, 0.3) is 0 Å². The molecule has 276 valence electrons. The standard InChI is InChI=1S/C23H26N2O4.C15H11NO3S.C3H6O/c1-27-16-8-14-15(9-17(16)28-2)25-20(26)10-18-21-13-7-19-23(14,22(21)25)4-5-24(19)11-12(13)3-6-29-18;17-14(18)9-16-11-6-2-4-8-13(11)20-12-7-3-1-5-10(12)15(16)19;1-3(2)4/h3,8-9,13,18-19,21-22H,4-7,10-11H2,1-2H3;1-8H,9H2,(H,17,18);1-2H3/t13-,18-,19-,21-,22-,23+;;/m0../s1. The maximum absolute atomic E-state index is 13.5. The summed E-state index contributed by atoms with van der Waals surface area (Å²) in [6, 6.07) is 19.5. The Morgan fingerprint density at radius 1 is 1.00 bits per heavy atom. The number of ketones is 1. The Kier molecular flexibility index (Phi) is 9.11. The van der Waals surface area contributed by atoms with Crippen molar-refractivity contribution in [3.05, 3.63) is 83.4 Å². The molecule has 12 heteroatoms. The Hall–Kier alpha value is -4.65. The highest BCUT2D eigenvalue weighted by atomic mass is 32.2. The number of carboxylic acids is 1. The van der Waals surface area contributed by atoms with E-state index in [0.717, 1.165) is 34.2 Å². The van der Waals surface area contributed by atoms with Crippen molar-refractivity contribution in [1.29, 1.82) is 0 Å². The average molecular weight is 738 g/mol. The summed E-state index contributed by atoms with van der Waals surface area (Å²) in [5, 5.41) is 10.9. The molecule has 2 bridgehead atoms. The van der Waals surface area contributed by atoms with Crippen molar-refractivity contribution in [2.24, 2.45) is 11.8 Å². The highest BCUT2D eigenvalue weighted by molar-refractivity contribution is 7.99. The summed E-state index contributed by atoms with van der Waals surface area (Å²) in [7, 11) is 3.37. The number of piperidine rings is 2. The number of amides is 2. The Labute approximate surface area is 312 Å². The summed E-state index contributed by atoms with van der Waals surface area (Å²) in [5.41, 5.74) is 5.07. The average Bonchev–Trinajstić information content (AvgIpc) is 3.57. The molecule has 6 heterocycles. The Bertz CT molecular complexity index is 2050. The van der Waals surface area contributed by atoms with Crippen molar-refractivity contribution in [3.63, 3.8) is 0 Å². The summed E-state index contributed by atoms with van der Waals surface area (Å²) in [5.74, 6) is 1.20. The van der Waals surface area contributed by atoms with Gasteiger partial charge in [-0.1, -0.05) is 42.1 Å². The second-order valence-electron chi connectivity index (χ2n) is 14.9. The highest BCUT2D eigenvalue weighted by Gasteiger charge is 2.73. The number of hydrogen-bond acceptors (Lipinski definition) is 9. The largest absolute Gasteiger partial charge is 0.548 e. The third-order valence-electron chi connectivity index (χ3n) is 12.0. The van der Waals surface area contributed by atoms with Crippen molar-refractivity contribution in [2.75, 3.05) is 50.3 Å². The van der Waals surface area contributed by atoms with Crippen molar-refractivity contribution in [2.45, 2.75) is 66.5 Å². The van der Waals surface area contributed by atoms with Gasteiger partial charge in [-0.05, 0) is 61.2 Å². The van der Waals surface area contributed by atoms with Crippen LogP contribution in [0, 0.1) is 11.8 Å². The van der Waals surface area contributed by atoms with E-state index in [1.165, 1.54) is 49.0 Å². The first-order chi connectivity index (χ1) is 25.6. The van der Waals surface area contributed by atoms with Gasteiger partial charge in [-0.2, -0.15) is 0 Å². The zero-order valence-electron chi connectivity index (χ0n) is 30.3. The molecule has 4 fully saturated rings. The molecule has 7 aliphatic rings. The third-order valence-corrected chi connectivity index (χ3v) is 13.2. The molecule has 3 saturated heterocycles. The number of carboxylic acid groups (broad SMARTS) is 1. The van der Waals surface area contributed by atoms with Crippen LogP contribution in [0.4, 0.5) is 11.4 Å². The number of fused-ring (bicyclic) bond motifs is 4. The smallest absolute Gasteiger partial charge is 0.259 e. The lowest BCUT2D eigenvalue weighted by atomic mass is 9.53. The van der Waals surface area contributed by atoms with E-state index in [1.54, 1.807) is 49.0 Å². The molecule has 1 unspecified atom stereocenters.